The van der Waals surface area contributed by atoms with E-state index in [1.807, 2.05) is 25.1 Å². The predicted octanol–water partition coefficient (Wildman–Crippen LogP) is 7.29. The zero-order valence-electron chi connectivity index (χ0n) is 39.5. The molecule has 0 radical (unpaired) electrons. The van der Waals surface area contributed by atoms with E-state index in [4.69, 9.17) is 23.7 Å². The first-order valence-corrected chi connectivity index (χ1v) is 23.2. The summed E-state index contributed by atoms with van der Waals surface area (Å²) in [6, 6.07) is 14.0. The average molecular weight is 938 g/mol. The molecule has 15 nitrogen and oxygen atoms in total. The van der Waals surface area contributed by atoms with Gasteiger partial charge < -0.3 is 39.4 Å². The molecule has 4 fully saturated rings. The van der Waals surface area contributed by atoms with Crippen LogP contribution in [0, 0.1) is 22.7 Å². The molecule has 16 heteroatoms. The first kappa shape index (κ1) is 48.6. The number of aromatic nitrogens is 1. The molecule has 2 heterocycles. The molecule has 3 aromatic rings. The van der Waals surface area contributed by atoms with Crippen LogP contribution in [0.5, 0.6) is 0 Å². The topological polar surface area (TPSA) is 206 Å². The van der Waals surface area contributed by atoms with Crippen molar-refractivity contribution >= 4 is 52.0 Å². The molecule has 1 aromatic heterocycles. The number of halogens is 1. The summed E-state index contributed by atoms with van der Waals surface area (Å²) in [5.74, 6) is -5.85. The second-order valence-corrected chi connectivity index (χ2v) is 20.7. The van der Waals surface area contributed by atoms with E-state index < -0.39 is 93.9 Å². The van der Waals surface area contributed by atoms with Crippen LogP contribution in [0.15, 0.2) is 84.7 Å². The maximum atomic E-state index is 17.8. The van der Waals surface area contributed by atoms with E-state index in [1.165, 1.54) is 12.2 Å². The molecule has 3 saturated carbocycles. The van der Waals surface area contributed by atoms with Gasteiger partial charge in [-0.3, -0.25) is 29.0 Å². The third-order valence-corrected chi connectivity index (χ3v) is 14.8. The summed E-state index contributed by atoms with van der Waals surface area (Å²) in [4.78, 5) is 83.0. The van der Waals surface area contributed by atoms with Gasteiger partial charge in [0.15, 0.2) is 29.4 Å². The monoisotopic (exact) mass is 937 g/mol. The summed E-state index contributed by atoms with van der Waals surface area (Å²) < 4.78 is 46.9. The summed E-state index contributed by atoms with van der Waals surface area (Å²) >= 11 is 0. The number of rotatable bonds is 13. The number of ketones is 2. The number of allylic oxidation sites excluding steroid dienone is 4. The largest absolute Gasteiger partial charge is 0.461 e. The van der Waals surface area contributed by atoms with Crippen molar-refractivity contribution in [2.45, 2.75) is 134 Å². The van der Waals surface area contributed by atoms with Crippen molar-refractivity contribution in [2.24, 2.45) is 22.7 Å². The van der Waals surface area contributed by atoms with E-state index in [0.717, 1.165) is 10.8 Å². The van der Waals surface area contributed by atoms with E-state index in [9.17, 15) is 33.9 Å². The van der Waals surface area contributed by atoms with Gasteiger partial charge in [-0.1, -0.05) is 48.9 Å². The number of aliphatic hydroxyl groups excluding tert-OH is 1. The average Bonchev–Trinajstić information content (AvgIpc) is 3.69. The summed E-state index contributed by atoms with van der Waals surface area (Å²) in [7, 11) is 0. The molecule has 5 aliphatic rings. The minimum Gasteiger partial charge on any atom is -0.461 e. The number of pyridine rings is 1. The minimum atomic E-state index is -2.12. The number of anilines is 1. The number of carbonyl (C=O) groups is 6. The molecule has 0 bridgehead atoms. The lowest BCUT2D eigenvalue weighted by Gasteiger charge is -2.62. The molecular formula is C52H60FN3O12. The second kappa shape index (κ2) is 17.9. The Morgan fingerprint density at radius 2 is 1.68 bits per heavy atom. The van der Waals surface area contributed by atoms with Crippen LogP contribution in [-0.4, -0.2) is 93.6 Å². The number of esters is 2. The zero-order valence-corrected chi connectivity index (χ0v) is 39.5. The molecule has 362 valence electrons. The molecule has 1 aliphatic heterocycles. The van der Waals surface area contributed by atoms with Crippen molar-refractivity contribution in [2.75, 3.05) is 18.5 Å². The number of benzene rings is 2. The van der Waals surface area contributed by atoms with Crippen LogP contribution < -0.4 is 10.6 Å². The Hall–Kier alpha value is -5.84. The number of carbonyl (C=O) groups excluding carboxylic acids is 6. The second-order valence-electron chi connectivity index (χ2n) is 20.7. The standard InChI is InChI=1S/C52H60FN3O12/c1-47(2,3)67-46(63)55-27-37(45(62)56-35-14-12-33-26-54-21-19-32(33)22-35)31-10-8-30(9-11-31)28-64-43(60)16-17-44(61)65-29-41(59)52-42(66-48(4,5)68-52)24-39-38-15-13-34-23-36(57)18-20-49(34,6)51(38,53)40(58)25-50(39,52)7/h8-12,14,18-23,26,37-40,42,58H,13,15-17,24-25,27-29H2,1-7H3,(H,55,63)(H,56,62)/t37?,38-,39-,40-,42+,49-,50-,51-,52+/m0/s1. The van der Waals surface area contributed by atoms with Crippen LogP contribution in [0.3, 0.4) is 0 Å². The molecule has 8 rings (SSSR count). The molecular weight excluding hydrogens is 878 g/mol. The number of nitrogens with one attached hydrogen (secondary N) is 2. The fraction of sp³-hybridized carbons (Fsp3) is 0.519. The van der Waals surface area contributed by atoms with Crippen LogP contribution in [-0.2, 0) is 54.3 Å². The highest BCUT2D eigenvalue weighted by molar-refractivity contribution is 6.01. The summed E-state index contributed by atoms with van der Waals surface area (Å²) in [6.45, 7) is 11.2. The van der Waals surface area contributed by atoms with Crippen LogP contribution in [0.2, 0.25) is 0 Å². The van der Waals surface area contributed by atoms with Crippen LogP contribution in [0.1, 0.15) is 104 Å². The lowest BCUT2D eigenvalue weighted by atomic mass is 9.44. The number of hydrogen-bond acceptors (Lipinski definition) is 13. The molecule has 9 atom stereocenters. The van der Waals surface area contributed by atoms with E-state index in [2.05, 4.69) is 15.6 Å². The van der Waals surface area contributed by atoms with Crippen molar-refractivity contribution in [1.29, 1.82) is 0 Å². The Morgan fingerprint density at radius 1 is 0.956 bits per heavy atom. The fourth-order valence-electron chi connectivity index (χ4n) is 11.7. The smallest absolute Gasteiger partial charge is 0.407 e. The molecule has 68 heavy (non-hydrogen) atoms. The first-order valence-electron chi connectivity index (χ1n) is 23.2. The van der Waals surface area contributed by atoms with Gasteiger partial charge >= 0.3 is 18.0 Å². The van der Waals surface area contributed by atoms with Gasteiger partial charge in [0.1, 0.15) is 12.2 Å². The Labute approximate surface area is 394 Å². The molecule has 1 saturated heterocycles. The maximum absolute atomic E-state index is 17.8. The maximum Gasteiger partial charge on any atom is 0.407 e. The molecule has 4 aliphatic carbocycles. The number of fused-ring (bicyclic) bond motifs is 8. The molecule has 1 unspecified atom stereocenters. The number of nitrogens with zero attached hydrogens (tertiary/aromatic N) is 1. The van der Waals surface area contributed by atoms with Crippen LogP contribution in [0.25, 0.3) is 10.8 Å². The number of Topliss-reactive ketones (excluding diaryl/α,β-unsaturated/α-hetero) is 1. The third-order valence-electron chi connectivity index (χ3n) is 14.8. The van der Waals surface area contributed by atoms with E-state index in [-0.39, 0.29) is 50.5 Å². The van der Waals surface area contributed by atoms with Gasteiger partial charge in [-0.15, -0.1) is 0 Å². The SMILES string of the molecule is CC(C)(C)OC(=O)NCC(C(=O)Nc1ccc2cnccc2c1)c1ccc(COC(=O)CCC(=O)OCC(=O)[C@@]23OC(C)(C)O[C@@H]2C[C@H]2[C@@H]4CCC5=CC(=O)C=C[C@]5(C)[C@@]4(F)[C@@H](O)C[C@@]23C)cc1. The Morgan fingerprint density at radius 3 is 2.40 bits per heavy atom. The fourth-order valence-corrected chi connectivity index (χ4v) is 11.7. The highest BCUT2D eigenvalue weighted by Gasteiger charge is 2.80. The van der Waals surface area contributed by atoms with E-state index >= 15 is 4.39 Å². The first-order chi connectivity index (χ1) is 32.0. The van der Waals surface area contributed by atoms with Crippen molar-refractivity contribution in [3.63, 3.8) is 0 Å². The van der Waals surface area contributed by atoms with Gasteiger partial charge in [0.05, 0.1) is 31.0 Å². The number of amides is 2. The van der Waals surface area contributed by atoms with Gasteiger partial charge in [-0.25, -0.2) is 9.18 Å². The highest BCUT2D eigenvalue weighted by atomic mass is 19.1. The minimum absolute atomic E-state index is 0.0705. The predicted molar refractivity (Wildman–Crippen MR) is 245 cm³/mol. The summed E-state index contributed by atoms with van der Waals surface area (Å²) in [6.07, 6.45) is 5.02. The van der Waals surface area contributed by atoms with Crippen molar-refractivity contribution in [3.05, 3.63) is 95.9 Å². The van der Waals surface area contributed by atoms with Gasteiger partial charge in [-0.2, -0.15) is 0 Å². The Balaban J connectivity index is 0.865. The van der Waals surface area contributed by atoms with Crippen molar-refractivity contribution in [1.82, 2.24) is 10.3 Å². The van der Waals surface area contributed by atoms with E-state index in [1.54, 1.807) is 90.3 Å². The lowest BCUT2D eigenvalue weighted by Crippen LogP contribution is -2.70. The van der Waals surface area contributed by atoms with Crippen LogP contribution >= 0.6 is 0 Å². The van der Waals surface area contributed by atoms with Crippen LogP contribution in [0.4, 0.5) is 14.9 Å². The Kier molecular flexibility index (Phi) is 12.8. The number of aliphatic hydroxyl groups is 1. The van der Waals surface area contributed by atoms with Gasteiger partial charge in [0.2, 0.25) is 11.7 Å². The molecule has 3 N–H and O–H groups in total. The zero-order chi connectivity index (χ0) is 49.0. The van der Waals surface area contributed by atoms with Crippen molar-refractivity contribution in [3.8, 4) is 0 Å². The summed E-state index contributed by atoms with van der Waals surface area (Å²) in [5.41, 5.74) is -4.48. The normalized spacial score (nSPS) is 30.4. The summed E-state index contributed by atoms with van der Waals surface area (Å²) in [5, 5.41) is 19.3. The van der Waals surface area contributed by atoms with E-state index in [0.29, 0.717) is 35.2 Å². The molecule has 0 spiro atoms. The van der Waals surface area contributed by atoms with Gasteiger partial charge in [0, 0.05) is 46.8 Å². The number of ether oxygens (including phenoxy) is 5. The highest BCUT2D eigenvalue weighted by Crippen LogP contribution is 2.72. The van der Waals surface area contributed by atoms with Crippen molar-refractivity contribution < 1.29 is 61.9 Å². The van der Waals surface area contributed by atoms with Gasteiger partial charge in [-0.05, 0) is 120 Å². The molecule has 2 amide bonds. The number of hydrogen-bond donors (Lipinski definition) is 3. The lowest BCUT2D eigenvalue weighted by molar-refractivity contribution is -0.246. The quantitative estimate of drug-likeness (QED) is 0.114. The third kappa shape index (κ3) is 8.86. The molecule has 2 aromatic carbocycles. The number of alkyl carbamates (subject to hydrolysis) is 1. The number of alkyl halides is 1. The Bertz CT molecular complexity index is 2590. The van der Waals surface area contributed by atoms with Gasteiger partial charge in [0.25, 0.3) is 0 Å².